The number of carbonyl (C=O) groups excluding carboxylic acids is 1. The molecule has 5 nitrogen and oxygen atoms in total. The molecule has 2 heterocycles. The van der Waals surface area contributed by atoms with E-state index in [1.165, 1.54) is 0 Å². The van der Waals surface area contributed by atoms with Crippen LogP contribution in [0.2, 0.25) is 0 Å². The minimum absolute atomic E-state index is 0.175. The molecule has 1 saturated heterocycles. The third-order valence-corrected chi connectivity index (χ3v) is 4.19. The molecule has 2 rings (SSSR count). The zero-order chi connectivity index (χ0) is 13.8. The van der Waals surface area contributed by atoms with Crippen molar-refractivity contribution in [2.75, 3.05) is 18.4 Å². The number of aromatic nitrogens is 2. The van der Waals surface area contributed by atoms with Gasteiger partial charge in [-0.2, -0.15) is 0 Å². The fourth-order valence-electron chi connectivity index (χ4n) is 2.26. The maximum atomic E-state index is 11.3. The van der Waals surface area contributed by atoms with Crippen LogP contribution in [0, 0.1) is 5.92 Å². The van der Waals surface area contributed by atoms with Gasteiger partial charge in [-0.15, -0.1) is 10.2 Å². The standard InChI is InChI=1S/C13H22N4OS/c1-9(2)8-12-15-16-13(19-12)14-11-4-6-17(7-5-11)10(3)18/h9,11H,4-8H2,1-3H3,(H,14,16). The maximum absolute atomic E-state index is 11.3. The van der Waals surface area contributed by atoms with Gasteiger partial charge in [0.2, 0.25) is 11.0 Å². The molecule has 0 atom stereocenters. The number of likely N-dealkylation sites (tertiary alicyclic amines) is 1. The van der Waals surface area contributed by atoms with Crippen molar-refractivity contribution in [3.05, 3.63) is 5.01 Å². The van der Waals surface area contributed by atoms with Crippen molar-refractivity contribution in [3.8, 4) is 0 Å². The molecule has 1 N–H and O–H groups in total. The second-order valence-electron chi connectivity index (χ2n) is 5.52. The highest BCUT2D eigenvalue weighted by Gasteiger charge is 2.21. The summed E-state index contributed by atoms with van der Waals surface area (Å²) in [6.07, 6.45) is 2.96. The van der Waals surface area contributed by atoms with E-state index in [0.29, 0.717) is 12.0 Å². The van der Waals surface area contributed by atoms with E-state index in [1.807, 2.05) is 4.90 Å². The summed E-state index contributed by atoms with van der Waals surface area (Å²) in [7, 11) is 0. The van der Waals surface area contributed by atoms with Gasteiger partial charge in [-0.05, 0) is 18.8 Å². The quantitative estimate of drug-likeness (QED) is 0.919. The summed E-state index contributed by atoms with van der Waals surface area (Å²) in [6.45, 7) is 7.68. The number of hydrogen-bond acceptors (Lipinski definition) is 5. The highest BCUT2D eigenvalue weighted by Crippen LogP contribution is 2.21. The van der Waals surface area contributed by atoms with Crippen LogP contribution in [0.15, 0.2) is 0 Å². The van der Waals surface area contributed by atoms with Crippen LogP contribution in [-0.2, 0) is 11.2 Å². The first-order valence-electron chi connectivity index (χ1n) is 6.89. The average Bonchev–Trinajstić information content (AvgIpc) is 2.76. The Balaban J connectivity index is 1.82. The SMILES string of the molecule is CC(=O)N1CCC(Nc2nnc(CC(C)C)s2)CC1. The lowest BCUT2D eigenvalue weighted by molar-refractivity contribution is -0.129. The van der Waals surface area contributed by atoms with Crippen LogP contribution in [0.3, 0.4) is 0 Å². The molecule has 0 aliphatic carbocycles. The van der Waals surface area contributed by atoms with E-state index in [2.05, 4.69) is 29.4 Å². The van der Waals surface area contributed by atoms with Crippen molar-refractivity contribution >= 4 is 22.4 Å². The normalized spacial score (nSPS) is 16.9. The fraction of sp³-hybridized carbons (Fsp3) is 0.769. The molecule has 0 saturated carbocycles. The second-order valence-corrected chi connectivity index (χ2v) is 6.59. The second kappa shape index (κ2) is 6.32. The van der Waals surface area contributed by atoms with Crippen LogP contribution < -0.4 is 5.32 Å². The van der Waals surface area contributed by atoms with Gasteiger partial charge in [0.15, 0.2) is 0 Å². The van der Waals surface area contributed by atoms with Gasteiger partial charge in [-0.3, -0.25) is 4.79 Å². The Kier molecular flexibility index (Phi) is 4.74. The summed E-state index contributed by atoms with van der Waals surface area (Å²) in [5.41, 5.74) is 0. The lowest BCUT2D eigenvalue weighted by Gasteiger charge is -2.31. The molecule has 1 aliphatic heterocycles. The van der Waals surface area contributed by atoms with Gasteiger partial charge in [0.1, 0.15) is 5.01 Å². The molecular formula is C13H22N4OS. The van der Waals surface area contributed by atoms with E-state index >= 15 is 0 Å². The minimum Gasteiger partial charge on any atom is -0.357 e. The van der Waals surface area contributed by atoms with Crippen molar-refractivity contribution < 1.29 is 4.79 Å². The van der Waals surface area contributed by atoms with E-state index < -0.39 is 0 Å². The first-order valence-corrected chi connectivity index (χ1v) is 7.70. The summed E-state index contributed by atoms with van der Waals surface area (Å²) < 4.78 is 0. The van der Waals surface area contributed by atoms with E-state index in [0.717, 1.165) is 42.5 Å². The highest BCUT2D eigenvalue weighted by atomic mass is 32.1. The molecule has 0 unspecified atom stereocenters. The van der Waals surface area contributed by atoms with E-state index in [9.17, 15) is 4.79 Å². The van der Waals surface area contributed by atoms with E-state index in [1.54, 1.807) is 18.3 Å². The van der Waals surface area contributed by atoms with Gasteiger partial charge in [-0.1, -0.05) is 25.2 Å². The molecule has 106 valence electrons. The molecule has 6 heteroatoms. The molecular weight excluding hydrogens is 260 g/mol. The van der Waals surface area contributed by atoms with Gasteiger partial charge in [0.25, 0.3) is 0 Å². The largest absolute Gasteiger partial charge is 0.357 e. The zero-order valence-corrected chi connectivity index (χ0v) is 12.7. The predicted octanol–water partition coefficient (Wildman–Crippen LogP) is 2.16. The number of anilines is 1. The van der Waals surface area contributed by atoms with Crippen LogP contribution in [0.4, 0.5) is 5.13 Å². The Hall–Kier alpha value is -1.17. The highest BCUT2D eigenvalue weighted by molar-refractivity contribution is 7.15. The van der Waals surface area contributed by atoms with Crippen molar-refractivity contribution in [2.24, 2.45) is 5.92 Å². The predicted molar refractivity (Wildman–Crippen MR) is 77.3 cm³/mol. The third kappa shape index (κ3) is 4.16. The van der Waals surface area contributed by atoms with Crippen molar-refractivity contribution in [1.82, 2.24) is 15.1 Å². The Morgan fingerprint density at radius 2 is 2.11 bits per heavy atom. The summed E-state index contributed by atoms with van der Waals surface area (Å²) in [5.74, 6) is 0.785. The monoisotopic (exact) mass is 282 g/mol. The molecule has 19 heavy (non-hydrogen) atoms. The smallest absolute Gasteiger partial charge is 0.219 e. The van der Waals surface area contributed by atoms with Crippen molar-refractivity contribution in [3.63, 3.8) is 0 Å². The van der Waals surface area contributed by atoms with Crippen LogP contribution >= 0.6 is 11.3 Å². The minimum atomic E-state index is 0.175. The molecule has 0 bridgehead atoms. The molecule has 0 radical (unpaired) electrons. The number of carbonyl (C=O) groups is 1. The van der Waals surface area contributed by atoms with Crippen LogP contribution in [0.1, 0.15) is 38.6 Å². The van der Waals surface area contributed by atoms with Crippen LogP contribution in [0.25, 0.3) is 0 Å². The Labute approximate surface area is 118 Å². The van der Waals surface area contributed by atoms with Gasteiger partial charge >= 0.3 is 0 Å². The molecule has 1 amide bonds. The summed E-state index contributed by atoms with van der Waals surface area (Å²) in [6, 6.07) is 0.412. The lowest BCUT2D eigenvalue weighted by Crippen LogP contribution is -2.41. The van der Waals surface area contributed by atoms with Gasteiger partial charge in [0.05, 0.1) is 0 Å². The van der Waals surface area contributed by atoms with Gasteiger partial charge < -0.3 is 10.2 Å². The number of nitrogens with zero attached hydrogens (tertiary/aromatic N) is 3. The topological polar surface area (TPSA) is 58.1 Å². The Morgan fingerprint density at radius 3 is 2.68 bits per heavy atom. The first kappa shape index (κ1) is 14.2. The Morgan fingerprint density at radius 1 is 1.42 bits per heavy atom. The van der Waals surface area contributed by atoms with Crippen LogP contribution in [0.5, 0.6) is 0 Å². The average molecular weight is 282 g/mol. The zero-order valence-electron chi connectivity index (χ0n) is 11.8. The van der Waals surface area contributed by atoms with Gasteiger partial charge in [0, 0.05) is 32.5 Å². The number of hydrogen-bond donors (Lipinski definition) is 1. The molecule has 0 aromatic carbocycles. The fourth-order valence-corrected chi connectivity index (χ4v) is 3.29. The summed E-state index contributed by atoms with van der Waals surface area (Å²) in [4.78, 5) is 13.2. The molecule has 1 aromatic rings. The summed E-state index contributed by atoms with van der Waals surface area (Å²) >= 11 is 1.65. The van der Waals surface area contributed by atoms with E-state index in [-0.39, 0.29) is 5.91 Å². The number of piperidine rings is 1. The Bertz CT molecular complexity index is 424. The van der Waals surface area contributed by atoms with Crippen molar-refractivity contribution in [1.29, 1.82) is 0 Å². The van der Waals surface area contributed by atoms with Crippen LogP contribution in [-0.4, -0.2) is 40.1 Å². The van der Waals surface area contributed by atoms with Gasteiger partial charge in [-0.25, -0.2) is 0 Å². The first-order chi connectivity index (χ1) is 9.04. The molecule has 0 spiro atoms. The van der Waals surface area contributed by atoms with Crippen molar-refractivity contribution in [2.45, 2.75) is 46.1 Å². The number of nitrogens with one attached hydrogen (secondary N) is 1. The number of amides is 1. The molecule has 1 aliphatic rings. The molecule has 1 fully saturated rings. The third-order valence-electron chi connectivity index (χ3n) is 3.32. The lowest BCUT2D eigenvalue weighted by atomic mass is 10.1. The maximum Gasteiger partial charge on any atom is 0.219 e. The number of rotatable bonds is 4. The van der Waals surface area contributed by atoms with E-state index in [4.69, 9.17) is 0 Å². The summed E-state index contributed by atoms with van der Waals surface area (Å²) in [5, 5.41) is 13.9. The molecule has 1 aromatic heterocycles.